The van der Waals surface area contributed by atoms with Crippen molar-refractivity contribution in [3.8, 4) is 5.75 Å². The van der Waals surface area contributed by atoms with Crippen LogP contribution in [-0.2, 0) is 12.0 Å². The van der Waals surface area contributed by atoms with Gasteiger partial charge >= 0.3 is 0 Å². The molecule has 0 fully saturated rings. The Bertz CT molecular complexity index is 378. The first-order chi connectivity index (χ1) is 7.11. The molecule has 3 N–H and O–H groups in total. The maximum Gasteiger partial charge on any atom is 0.119 e. The summed E-state index contributed by atoms with van der Waals surface area (Å²) in [5, 5.41) is 10.5. The summed E-state index contributed by atoms with van der Waals surface area (Å²) in [6, 6.07) is 5.83. The molecule has 0 heterocycles. The van der Waals surface area contributed by atoms with Crippen molar-refractivity contribution < 1.29 is 9.84 Å². The van der Waals surface area contributed by atoms with Crippen LogP contribution in [0.1, 0.15) is 18.1 Å². The van der Waals surface area contributed by atoms with Gasteiger partial charge in [0.05, 0.1) is 7.11 Å². The number of hydrogen-bond donors (Lipinski definition) is 2. The minimum Gasteiger partial charge on any atom is -0.497 e. The maximum absolute atomic E-state index is 10.5. The van der Waals surface area contributed by atoms with E-state index in [1.54, 1.807) is 7.11 Å². The third-order valence-electron chi connectivity index (χ3n) is 3.44. The van der Waals surface area contributed by atoms with Crippen molar-refractivity contribution >= 4 is 0 Å². The average Bonchev–Trinajstić information content (AvgIpc) is 2.52. The van der Waals surface area contributed by atoms with Gasteiger partial charge in [-0.2, -0.15) is 0 Å². The first-order valence-electron chi connectivity index (χ1n) is 5.21. The molecule has 0 saturated heterocycles. The smallest absolute Gasteiger partial charge is 0.119 e. The van der Waals surface area contributed by atoms with Crippen molar-refractivity contribution in [1.82, 2.24) is 0 Å². The normalized spacial score (nSPS) is 28.9. The molecule has 0 spiro atoms. The number of nitrogens with two attached hydrogens (primary N) is 1. The highest BCUT2D eigenvalue weighted by Crippen LogP contribution is 2.41. The van der Waals surface area contributed by atoms with E-state index in [1.807, 2.05) is 25.1 Å². The lowest BCUT2D eigenvalue weighted by molar-refractivity contribution is 0.00485. The highest BCUT2D eigenvalue weighted by Gasteiger charge is 2.41. The minimum absolute atomic E-state index is 0.171. The van der Waals surface area contributed by atoms with Crippen molar-refractivity contribution in [3.05, 3.63) is 29.3 Å². The lowest BCUT2D eigenvalue weighted by atomic mass is 9.89. The van der Waals surface area contributed by atoms with Crippen molar-refractivity contribution in [2.24, 2.45) is 11.7 Å². The van der Waals surface area contributed by atoms with Gasteiger partial charge in [-0.3, -0.25) is 0 Å². The Balaban J connectivity index is 2.51. The second kappa shape index (κ2) is 3.51. The summed E-state index contributed by atoms with van der Waals surface area (Å²) in [7, 11) is 1.63. The largest absolute Gasteiger partial charge is 0.497 e. The molecular formula is C12H17NO2. The molecule has 0 amide bonds. The molecule has 0 bridgehead atoms. The van der Waals surface area contributed by atoms with Crippen LogP contribution in [0.15, 0.2) is 18.2 Å². The summed E-state index contributed by atoms with van der Waals surface area (Å²) in [6.45, 7) is 2.29. The van der Waals surface area contributed by atoms with Crippen molar-refractivity contribution in [1.29, 1.82) is 0 Å². The fourth-order valence-corrected chi connectivity index (χ4v) is 2.34. The number of hydrogen-bond acceptors (Lipinski definition) is 3. The van der Waals surface area contributed by atoms with Gasteiger partial charge in [0.2, 0.25) is 0 Å². The standard InChI is InChI=1S/C12H17NO2/c1-8-5-9-3-4-10(15-2)6-11(9)12(8,14)7-13/h3-4,6,8,14H,5,7,13H2,1-2H3. The van der Waals surface area contributed by atoms with Crippen LogP contribution in [0.25, 0.3) is 0 Å². The van der Waals surface area contributed by atoms with E-state index < -0.39 is 5.60 Å². The number of methoxy groups -OCH3 is 1. The van der Waals surface area contributed by atoms with Gasteiger partial charge in [0.25, 0.3) is 0 Å². The summed E-state index contributed by atoms with van der Waals surface area (Å²) >= 11 is 0. The molecule has 3 heteroatoms. The number of rotatable bonds is 2. The SMILES string of the molecule is COc1ccc2c(c1)C(O)(CN)C(C)C2. The second-order valence-electron chi connectivity index (χ2n) is 4.26. The van der Waals surface area contributed by atoms with E-state index in [9.17, 15) is 5.11 Å². The van der Waals surface area contributed by atoms with Gasteiger partial charge in [0, 0.05) is 6.54 Å². The molecule has 1 aliphatic rings. The number of benzene rings is 1. The summed E-state index contributed by atoms with van der Waals surface area (Å²) in [6.07, 6.45) is 0.882. The van der Waals surface area contributed by atoms with Gasteiger partial charge in [-0.25, -0.2) is 0 Å². The molecule has 1 aliphatic carbocycles. The molecule has 0 saturated carbocycles. The third kappa shape index (κ3) is 1.43. The number of aliphatic hydroxyl groups is 1. The van der Waals surface area contributed by atoms with E-state index in [2.05, 4.69) is 0 Å². The fraction of sp³-hybridized carbons (Fsp3) is 0.500. The van der Waals surface area contributed by atoms with E-state index in [1.165, 1.54) is 5.56 Å². The van der Waals surface area contributed by atoms with Gasteiger partial charge in [0.15, 0.2) is 0 Å². The van der Waals surface area contributed by atoms with Crippen LogP contribution in [0.4, 0.5) is 0 Å². The van der Waals surface area contributed by atoms with E-state index in [4.69, 9.17) is 10.5 Å². The molecule has 15 heavy (non-hydrogen) atoms. The molecule has 3 nitrogen and oxygen atoms in total. The van der Waals surface area contributed by atoms with E-state index in [0.717, 1.165) is 17.7 Å². The van der Waals surface area contributed by atoms with Crippen LogP contribution in [0.3, 0.4) is 0 Å². The zero-order valence-electron chi connectivity index (χ0n) is 9.16. The zero-order chi connectivity index (χ0) is 11.1. The van der Waals surface area contributed by atoms with E-state index in [0.29, 0.717) is 0 Å². The molecular weight excluding hydrogens is 190 g/mol. The fourth-order valence-electron chi connectivity index (χ4n) is 2.34. The monoisotopic (exact) mass is 207 g/mol. The highest BCUT2D eigenvalue weighted by molar-refractivity contribution is 5.43. The van der Waals surface area contributed by atoms with Crippen molar-refractivity contribution in [2.45, 2.75) is 18.9 Å². The van der Waals surface area contributed by atoms with Crippen LogP contribution in [-0.4, -0.2) is 18.8 Å². The lowest BCUT2D eigenvalue weighted by Gasteiger charge is -2.27. The molecule has 0 aromatic heterocycles. The minimum atomic E-state index is -0.885. The van der Waals surface area contributed by atoms with Crippen molar-refractivity contribution in [2.75, 3.05) is 13.7 Å². The topological polar surface area (TPSA) is 55.5 Å². The van der Waals surface area contributed by atoms with Crippen LogP contribution < -0.4 is 10.5 Å². The zero-order valence-corrected chi connectivity index (χ0v) is 9.16. The van der Waals surface area contributed by atoms with E-state index in [-0.39, 0.29) is 12.5 Å². The summed E-state index contributed by atoms with van der Waals surface area (Å²) in [5.41, 5.74) is 6.89. The Kier molecular flexibility index (Phi) is 2.44. The number of ether oxygens (including phenoxy) is 1. The maximum atomic E-state index is 10.5. The summed E-state index contributed by atoms with van der Waals surface area (Å²) in [5.74, 6) is 0.944. The van der Waals surface area contributed by atoms with Gasteiger partial charge in [-0.05, 0) is 35.6 Å². The average molecular weight is 207 g/mol. The molecule has 0 radical (unpaired) electrons. The Morgan fingerprint density at radius 3 is 2.93 bits per heavy atom. The molecule has 2 atom stereocenters. The van der Waals surface area contributed by atoms with Crippen LogP contribution in [0, 0.1) is 5.92 Å². The molecule has 1 aromatic rings. The van der Waals surface area contributed by atoms with Gasteiger partial charge in [0.1, 0.15) is 11.4 Å². The van der Waals surface area contributed by atoms with Gasteiger partial charge < -0.3 is 15.6 Å². The molecule has 82 valence electrons. The Morgan fingerprint density at radius 2 is 2.33 bits per heavy atom. The quantitative estimate of drug-likeness (QED) is 0.761. The van der Waals surface area contributed by atoms with Gasteiger partial charge in [-0.15, -0.1) is 0 Å². The van der Waals surface area contributed by atoms with Crippen LogP contribution >= 0.6 is 0 Å². The highest BCUT2D eigenvalue weighted by atomic mass is 16.5. The predicted octanol–water partition coefficient (Wildman–Crippen LogP) is 1.03. The van der Waals surface area contributed by atoms with E-state index >= 15 is 0 Å². The molecule has 1 aromatic carbocycles. The Hall–Kier alpha value is -1.06. The second-order valence-corrected chi connectivity index (χ2v) is 4.26. The summed E-state index contributed by atoms with van der Waals surface area (Å²) in [4.78, 5) is 0. The third-order valence-corrected chi connectivity index (χ3v) is 3.44. The first-order valence-corrected chi connectivity index (χ1v) is 5.21. The Labute approximate surface area is 89.9 Å². The van der Waals surface area contributed by atoms with Crippen LogP contribution in [0.2, 0.25) is 0 Å². The Morgan fingerprint density at radius 1 is 1.60 bits per heavy atom. The molecule has 0 aliphatic heterocycles. The lowest BCUT2D eigenvalue weighted by Crippen LogP contribution is -2.38. The number of fused-ring (bicyclic) bond motifs is 1. The van der Waals surface area contributed by atoms with Crippen molar-refractivity contribution in [3.63, 3.8) is 0 Å². The molecule has 2 unspecified atom stereocenters. The van der Waals surface area contributed by atoms with Crippen LogP contribution in [0.5, 0.6) is 5.75 Å². The predicted molar refractivity (Wildman–Crippen MR) is 58.8 cm³/mol. The molecule has 2 rings (SSSR count). The van der Waals surface area contributed by atoms with Gasteiger partial charge in [-0.1, -0.05) is 13.0 Å². The summed E-state index contributed by atoms with van der Waals surface area (Å²) < 4.78 is 5.16. The first kappa shape index (κ1) is 10.5.